The first kappa shape index (κ1) is 15.4. The SMILES string of the molecule is CCN=CNP(=S)(OCC)SC(C)CC. The predicted octanol–water partition coefficient (Wildman–Crippen LogP) is 3.42. The van der Waals surface area contributed by atoms with Crippen LogP contribution in [-0.2, 0) is 16.3 Å². The van der Waals surface area contributed by atoms with E-state index in [0.29, 0.717) is 11.9 Å². The van der Waals surface area contributed by atoms with Crippen LogP contribution in [0.5, 0.6) is 0 Å². The molecule has 0 radical (unpaired) electrons. The third-order valence-corrected chi connectivity index (χ3v) is 7.63. The van der Waals surface area contributed by atoms with Crippen molar-refractivity contribution >= 4 is 35.1 Å². The largest absolute Gasteiger partial charge is 0.327 e. The zero-order chi connectivity index (χ0) is 11.7. The van der Waals surface area contributed by atoms with Gasteiger partial charge in [0.15, 0.2) is 0 Å². The van der Waals surface area contributed by atoms with Crippen molar-refractivity contribution in [2.45, 2.75) is 39.4 Å². The van der Waals surface area contributed by atoms with Crippen LogP contribution in [0.1, 0.15) is 34.1 Å². The number of aliphatic imine (C=N–C) groups is 1. The first-order chi connectivity index (χ1) is 7.08. The Morgan fingerprint density at radius 2 is 2.20 bits per heavy atom. The monoisotopic (exact) mass is 268 g/mol. The average molecular weight is 268 g/mol. The van der Waals surface area contributed by atoms with E-state index < -0.39 is 5.62 Å². The van der Waals surface area contributed by atoms with Gasteiger partial charge in [-0.2, -0.15) is 0 Å². The van der Waals surface area contributed by atoms with Gasteiger partial charge < -0.3 is 9.61 Å². The highest BCUT2D eigenvalue weighted by atomic mass is 32.9. The quantitative estimate of drug-likeness (QED) is 0.415. The van der Waals surface area contributed by atoms with E-state index >= 15 is 0 Å². The Morgan fingerprint density at radius 3 is 2.67 bits per heavy atom. The molecule has 0 saturated carbocycles. The fourth-order valence-corrected chi connectivity index (χ4v) is 6.64. The fourth-order valence-electron chi connectivity index (χ4n) is 0.782. The Kier molecular flexibility index (Phi) is 8.81. The summed E-state index contributed by atoms with van der Waals surface area (Å²) in [4.78, 5) is 4.10. The topological polar surface area (TPSA) is 33.6 Å². The number of hydrogen-bond donors (Lipinski definition) is 1. The number of hydrogen-bond acceptors (Lipinski definition) is 4. The van der Waals surface area contributed by atoms with Crippen LogP contribution in [0.2, 0.25) is 0 Å². The van der Waals surface area contributed by atoms with Crippen molar-refractivity contribution < 1.29 is 4.52 Å². The molecule has 0 amide bonds. The van der Waals surface area contributed by atoms with E-state index in [-0.39, 0.29) is 0 Å². The van der Waals surface area contributed by atoms with Crippen molar-refractivity contribution in [1.29, 1.82) is 0 Å². The summed E-state index contributed by atoms with van der Waals surface area (Å²) >= 11 is 7.23. The lowest BCUT2D eigenvalue weighted by atomic mass is 10.4. The first-order valence-electron chi connectivity index (χ1n) is 5.27. The van der Waals surface area contributed by atoms with Crippen LogP contribution < -0.4 is 5.09 Å². The lowest BCUT2D eigenvalue weighted by Gasteiger charge is -2.23. The molecule has 0 saturated heterocycles. The van der Waals surface area contributed by atoms with Crippen molar-refractivity contribution in [2.75, 3.05) is 13.2 Å². The smallest absolute Gasteiger partial charge is 0.211 e. The van der Waals surface area contributed by atoms with Crippen LogP contribution in [0.25, 0.3) is 0 Å². The van der Waals surface area contributed by atoms with Crippen LogP contribution in [-0.4, -0.2) is 24.7 Å². The summed E-state index contributed by atoms with van der Waals surface area (Å²) in [5.41, 5.74) is -1.97. The van der Waals surface area contributed by atoms with E-state index in [9.17, 15) is 0 Å². The molecular formula is C9H21N2OPS2. The summed E-state index contributed by atoms with van der Waals surface area (Å²) in [6.45, 7) is 9.70. The highest BCUT2D eigenvalue weighted by Crippen LogP contribution is 2.58. The molecule has 0 aliphatic carbocycles. The van der Waals surface area contributed by atoms with E-state index in [2.05, 4.69) is 23.9 Å². The second-order valence-electron chi connectivity index (χ2n) is 3.00. The molecule has 6 heteroatoms. The van der Waals surface area contributed by atoms with E-state index in [1.807, 2.05) is 13.8 Å². The molecule has 0 aliphatic heterocycles. The number of nitrogens with one attached hydrogen (secondary N) is 1. The van der Waals surface area contributed by atoms with Gasteiger partial charge >= 0.3 is 0 Å². The van der Waals surface area contributed by atoms with Gasteiger partial charge in [0.2, 0.25) is 5.62 Å². The van der Waals surface area contributed by atoms with Crippen LogP contribution in [0.3, 0.4) is 0 Å². The molecule has 0 fully saturated rings. The maximum atomic E-state index is 5.64. The van der Waals surface area contributed by atoms with Gasteiger partial charge in [-0.3, -0.25) is 4.99 Å². The third kappa shape index (κ3) is 7.34. The van der Waals surface area contributed by atoms with Gasteiger partial charge in [-0.25, -0.2) is 0 Å². The molecule has 0 bridgehead atoms. The van der Waals surface area contributed by atoms with Crippen LogP contribution in [0.15, 0.2) is 4.99 Å². The van der Waals surface area contributed by atoms with Crippen molar-refractivity contribution in [1.82, 2.24) is 5.09 Å². The van der Waals surface area contributed by atoms with E-state index in [4.69, 9.17) is 16.3 Å². The normalized spacial score (nSPS) is 17.6. The maximum Gasteiger partial charge on any atom is 0.211 e. The second-order valence-corrected chi connectivity index (χ2v) is 9.93. The zero-order valence-corrected chi connectivity index (χ0v) is 12.4. The highest BCUT2D eigenvalue weighted by Gasteiger charge is 2.19. The van der Waals surface area contributed by atoms with Gasteiger partial charge in [-0.05, 0) is 32.1 Å². The zero-order valence-electron chi connectivity index (χ0n) is 9.90. The molecule has 1 N–H and O–H groups in total. The maximum absolute atomic E-state index is 5.64. The molecule has 0 aliphatic rings. The van der Waals surface area contributed by atoms with Crippen LogP contribution >= 0.6 is 17.0 Å². The van der Waals surface area contributed by atoms with Gasteiger partial charge in [0.25, 0.3) is 0 Å². The second kappa shape index (κ2) is 8.57. The van der Waals surface area contributed by atoms with Gasteiger partial charge in [0.05, 0.1) is 12.9 Å². The molecule has 90 valence electrons. The average Bonchev–Trinajstić information content (AvgIpc) is 2.18. The van der Waals surface area contributed by atoms with Crippen molar-refractivity contribution in [3.63, 3.8) is 0 Å². The Hall–Kier alpha value is 0.430. The predicted molar refractivity (Wildman–Crippen MR) is 75.4 cm³/mol. The Morgan fingerprint density at radius 1 is 1.53 bits per heavy atom. The summed E-state index contributed by atoms with van der Waals surface area (Å²) in [6, 6.07) is 0. The van der Waals surface area contributed by atoms with Gasteiger partial charge in [-0.15, -0.1) is 0 Å². The molecule has 3 nitrogen and oxygen atoms in total. The molecular weight excluding hydrogens is 247 g/mol. The van der Waals surface area contributed by atoms with Crippen molar-refractivity contribution in [2.24, 2.45) is 4.99 Å². The highest BCUT2D eigenvalue weighted by molar-refractivity contribution is 8.69. The minimum absolute atomic E-state index is 0.518. The van der Waals surface area contributed by atoms with Gasteiger partial charge in [0, 0.05) is 11.8 Å². The fraction of sp³-hybridized carbons (Fsp3) is 0.889. The van der Waals surface area contributed by atoms with Crippen molar-refractivity contribution in [3.05, 3.63) is 0 Å². The standard InChI is InChI=1S/C9H21N2OPS2/c1-5-9(4)15-13(14,12-7-3)11-8-10-6-2/h8-9H,5-7H2,1-4H3,(H,10,11,14). The summed E-state index contributed by atoms with van der Waals surface area (Å²) in [5.74, 6) is 0. The van der Waals surface area contributed by atoms with Crippen molar-refractivity contribution in [3.8, 4) is 0 Å². The lowest BCUT2D eigenvalue weighted by molar-refractivity contribution is 0.383. The lowest BCUT2D eigenvalue weighted by Crippen LogP contribution is -2.10. The first-order valence-corrected chi connectivity index (χ1v) is 9.47. The Bertz CT molecular complexity index is 236. The minimum Gasteiger partial charge on any atom is -0.327 e. The Labute approximate surface area is 102 Å². The molecule has 0 heterocycles. The molecule has 0 rings (SSSR count). The number of rotatable bonds is 8. The summed E-state index contributed by atoms with van der Waals surface area (Å²) < 4.78 is 5.64. The van der Waals surface area contributed by atoms with Gasteiger partial charge in [-0.1, -0.05) is 25.2 Å². The molecule has 0 spiro atoms. The number of nitrogens with zero attached hydrogens (tertiary/aromatic N) is 1. The third-order valence-electron chi connectivity index (χ3n) is 1.68. The van der Waals surface area contributed by atoms with Crippen LogP contribution in [0, 0.1) is 0 Å². The van der Waals surface area contributed by atoms with E-state index in [1.54, 1.807) is 17.7 Å². The molecule has 2 atom stereocenters. The molecule has 15 heavy (non-hydrogen) atoms. The van der Waals surface area contributed by atoms with E-state index in [0.717, 1.165) is 13.0 Å². The summed E-state index contributed by atoms with van der Waals surface area (Å²) in [6.07, 6.45) is 2.79. The minimum atomic E-state index is -1.97. The summed E-state index contributed by atoms with van der Waals surface area (Å²) in [7, 11) is 0. The summed E-state index contributed by atoms with van der Waals surface area (Å²) in [5, 5.41) is 3.66. The van der Waals surface area contributed by atoms with E-state index in [1.165, 1.54) is 0 Å². The van der Waals surface area contributed by atoms with Gasteiger partial charge in [0.1, 0.15) is 0 Å². The Balaban J connectivity index is 4.31. The molecule has 0 aromatic heterocycles. The molecule has 2 unspecified atom stereocenters. The van der Waals surface area contributed by atoms with Crippen LogP contribution in [0.4, 0.5) is 0 Å². The molecule has 0 aromatic rings. The molecule has 0 aromatic carbocycles.